The Bertz CT molecular complexity index is 539. The van der Waals surface area contributed by atoms with E-state index in [-0.39, 0.29) is 20.4 Å². The number of ether oxygens (including phenoxy) is 2. The molecule has 2 aliphatic carbocycles. The maximum absolute atomic E-state index is 6.77. The van der Waals surface area contributed by atoms with Gasteiger partial charge in [0.15, 0.2) is 5.75 Å². The second-order valence-electron chi connectivity index (χ2n) is 7.55. The molecule has 150 valence electrons. The maximum Gasteiger partial charge on any atom is 0.161 e. The van der Waals surface area contributed by atoms with Crippen LogP contribution < -0.4 is 14.8 Å². The number of methoxy groups -OCH3 is 2. The minimum Gasteiger partial charge on any atom is -0.497 e. The first kappa shape index (κ1) is 22.5. The third kappa shape index (κ3) is 4.43. The van der Waals surface area contributed by atoms with E-state index in [0.29, 0.717) is 0 Å². The molecule has 0 spiro atoms. The van der Waals surface area contributed by atoms with Crippen molar-refractivity contribution in [1.82, 2.24) is 0 Å². The summed E-state index contributed by atoms with van der Waals surface area (Å²) in [4.78, 5) is 0. The molecule has 26 heavy (non-hydrogen) atoms. The van der Waals surface area contributed by atoms with E-state index in [0.717, 1.165) is 22.8 Å². The number of halogens is 1. The first-order chi connectivity index (χ1) is 12.3. The van der Waals surface area contributed by atoms with Gasteiger partial charge in [0.1, 0.15) is 11.1 Å². The van der Waals surface area contributed by atoms with Gasteiger partial charge >= 0.3 is 0 Å². The van der Waals surface area contributed by atoms with Gasteiger partial charge in [-0.25, -0.2) is 0 Å². The van der Waals surface area contributed by atoms with Crippen LogP contribution in [0.2, 0.25) is 0 Å². The number of rotatable bonds is 6. The normalized spacial score (nSPS) is 19.7. The first-order valence-corrected chi connectivity index (χ1v) is 12.2. The van der Waals surface area contributed by atoms with Gasteiger partial charge in [0.25, 0.3) is 0 Å². The zero-order valence-corrected chi connectivity index (χ0v) is 19.2. The largest absolute Gasteiger partial charge is 0.497 e. The van der Waals surface area contributed by atoms with Crippen molar-refractivity contribution >= 4 is 24.2 Å². The molecule has 0 aromatic heterocycles. The molecule has 0 aliphatic heterocycles. The van der Waals surface area contributed by atoms with Crippen molar-refractivity contribution in [2.75, 3.05) is 14.2 Å². The fourth-order valence-corrected chi connectivity index (χ4v) is 11.4. The van der Waals surface area contributed by atoms with Crippen molar-refractivity contribution < 1.29 is 29.9 Å². The molecule has 1 aromatic rings. The van der Waals surface area contributed by atoms with Crippen LogP contribution in [0.25, 0.3) is 0 Å². The summed E-state index contributed by atoms with van der Waals surface area (Å²) < 4.78 is 11.3. The van der Waals surface area contributed by atoms with Crippen molar-refractivity contribution in [2.24, 2.45) is 0 Å². The molecule has 0 saturated heterocycles. The second kappa shape index (κ2) is 10.7. The Morgan fingerprint density at radius 3 is 1.85 bits per heavy atom. The van der Waals surface area contributed by atoms with Crippen LogP contribution >= 0.6 is 18.9 Å². The summed E-state index contributed by atoms with van der Waals surface area (Å²) in [5, 5.41) is 1.38. The van der Waals surface area contributed by atoms with Gasteiger partial charge in [-0.05, 0) is 63.5 Å². The molecule has 3 rings (SSSR count). The SMILES string of the molecule is COc1ccc([P+]([CH-]Cl)(C2CCCCC2)C2CCCCC2)c(OC)c1.[Pd]. The minimum absolute atomic E-state index is 0. The molecule has 2 aliphatic rings. The molecule has 0 radical (unpaired) electrons. The Labute approximate surface area is 178 Å². The average molecular weight is 489 g/mol. The summed E-state index contributed by atoms with van der Waals surface area (Å²) in [5.41, 5.74) is 3.58. The van der Waals surface area contributed by atoms with E-state index in [9.17, 15) is 0 Å². The van der Waals surface area contributed by atoms with Gasteiger partial charge in [0.2, 0.25) is 0 Å². The Morgan fingerprint density at radius 2 is 1.42 bits per heavy atom. The zero-order chi connectivity index (χ0) is 17.7. The Kier molecular flexibility index (Phi) is 9.23. The molecule has 0 heterocycles. The van der Waals surface area contributed by atoms with E-state index in [2.05, 4.69) is 23.8 Å². The topological polar surface area (TPSA) is 18.5 Å². The molecule has 2 nitrogen and oxygen atoms in total. The van der Waals surface area contributed by atoms with E-state index >= 15 is 0 Å². The standard InChI is InChI=1S/C21H32ClO2P.Pd/c1-23-17-13-14-21(20(15-17)24-2)25(16-22,18-9-5-3-6-10-18)19-11-7-4-8-12-19;/h13-16,18-19H,3-12H2,1-2H3;. The maximum atomic E-state index is 6.77. The van der Waals surface area contributed by atoms with Crippen molar-refractivity contribution in [3.05, 3.63) is 23.8 Å². The molecule has 0 amide bonds. The monoisotopic (exact) mass is 488 g/mol. The Hall–Kier alpha value is 0.202. The Morgan fingerprint density at radius 1 is 0.885 bits per heavy atom. The van der Waals surface area contributed by atoms with Crippen molar-refractivity contribution in [1.29, 1.82) is 0 Å². The fraction of sp³-hybridized carbons (Fsp3) is 0.667. The molecule has 0 atom stereocenters. The summed E-state index contributed by atoms with van der Waals surface area (Å²) >= 11 is 6.77. The van der Waals surface area contributed by atoms with Gasteiger partial charge in [-0.15, -0.1) is 0 Å². The molecule has 2 fully saturated rings. The van der Waals surface area contributed by atoms with Crippen molar-refractivity contribution in [3.8, 4) is 11.5 Å². The fourth-order valence-electron chi connectivity index (χ4n) is 5.02. The molecule has 5 heteroatoms. The van der Waals surface area contributed by atoms with E-state index in [4.69, 9.17) is 21.1 Å². The quantitative estimate of drug-likeness (QED) is 0.263. The third-order valence-electron chi connectivity index (χ3n) is 6.32. The molecule has 0 N–H and O–H groups in total. The van der Waals surface area contributed by atoms with E-state index < -0.39 is 7.26 Å². The van der Waals surface area contributed by atoms with Crippen LogP contribution in [0.15, 0.2) is 18.2 Å². The summed E-state index contributed by atoms with van der Waals surface area (Å²) in [5.74, 6) is 1.83. The van der Waals surface area contributed by atoms with Crippen LogP contribution in [0.4, 0.5) is 0 Å². The number of hydrogen-bond acceptors (Lipinski definition) is 2. The van der Waals surface area contributed by atoms with Crippen molar-refractivity contribution in [3.63, 3.8) is 0 Å². The van der Waals surface area contributed by atoms with E-state index in [1.165, 1.54) is 69.5 Å². The third-order valence-corrected chi connectivity index (χ3v) is 12.3. The van der Waals surface area contributed by atoms with Crippen LogP contribution in [0, 0.1) is 5.62 Å². The van der Waals surface area contributed by atoms with Crippen LogP contribution in [0.3, 0.4) is 0 Å². The predicted octanol–water partition coefficient (Wildman–Crippen LogP) is 6.37. The van der Waals surface area contributed by atoms with Gasteiger partial charge in [-0.1, -0.05) is 25.7 Å². The van der Waals surface area contributed by atoms with Gasteiger partial charge in [-0.3, -0.25) is 0 Å². The van der Waals surface area contributed by atoms with Crippen LogP contribution in [-0.4, -0.2) is 25.5 Å². The molecular weight excluding hydrogens is 457 g/mol. The molecule has 0 bridgehead atoms. The van der Waals surface area contributed by atoms with E-state index in [1.54, 1.807) is 14.2 Å². The zero-order valence-electron chi connectivity index (χ0n) is 16.0. The molecule has 0 unspecified atom stereocenters. The van der Waals surface area contributed by atoms with Crippen LogP contribution in [0.5, 0.6) is 11.5 Å². The smallest absolute Gasteiger partial charge is 0.161 e. The Balaban J connectivity index is 0.00000243. The second-order valence-corrected chi connectivity index (χ2v) is 11.9. The van der Waals surface area contributed by atoms with Gasteiger partial charge < -0.3 is 21.1 Å². The first-order valence-electron chi connectivity index (χ1n) is 9.81. The summed E-state index contributed by atoms with van der Waals surface area (Å²) in [7, 11) is 1.89. The van der Waals surface area contributed by atoms with Crippen molar-refractivity contribution in [2.45, 2.75) is 75.5 Å². The molecule has 1 aromatic carbocycles. The summed E-state index contributed by atoms with van der Waals surface area (Å²) in [6.07, 6.45) is 13.4. The van der Waals surface area contributed by atoms with Gasteiger partial charge in [0, 0.05) is 37.8 Å². The van der Waals surface area contributed by atoms with E-state index in [1.807, 2.05) is 0 Å². The minimum atomic E-state index is -1.60. The summed E-state index contributed by atoms with van der Waals surface area (Å²) in [6, 6.07) is 6.41. The molecular formula is C21H32ClO2PPd. The van der Waals surface area contributed by atoms with Gasteiger partial charge in [0.05, 0.1) is 14.2 Å². The number of benzene rings is 1. The summed E-state index contributed by atoms with van der Waals surface area (Å²) in [6.45, 7) is 0. The number of hydrogen-bond donors (Lipinski definition) is 0. The van der Waals surface area contributed by atoms with Crippen LogP contribution in [-0.2, 0) is 20.4 Å². The van der Waals surface area contributed by atoms with Crippen LogP contribution in [0.1, 0.15) is 64.2 Å². The van der Waals surface area contributed by atoms with Gasteiger partial charge in [-0.2, -0.15) is 0 Å². The average Bonchev–Trinajstić information content (AvgIpc) is 2.71. The molecule has 2 saturated carbocycles. The predicted molar refractivity (Wildman–Crippen MR) is 110 cm³/mol.